The molecule has 3 rings (SSSR count). The second-order valence-electron chi connectivity index (χ2n) is 5.39. The Labute approximate surface area is 159 Å². The minimum Gasteiger partial charge on any atom is -0.361 e. The number of H-pyrrole nitrogens is 1. The standard InChI is InChI=1S/C18H14Cl2N4O2/c19-12-5-6-14(15(20)7-12)18(26)22-10-17(25)24-23-9-11-8-21-16-4-2-1-3-13(11)16/h1-9,21H,10H2,(H,22,26)(H,24,25)/b23-9+. The molecule has 3 aromatic rings. The fourth-order valence-electron chi connectivity index (χ4n) is 2.34. The Bertz CT molecular complexity index is 998. The van der Waals surface area contributed by atoms with Crippen molar-refractivity contribution < 1.29 is 9.59 Å². The lowest BCUT2D eigenvalue weighted by molar-refractivity contribution is -0.120. The van der Waals surface area contributed by atoms with E-state index in [0.717, 1.165) is 16.5 Å². The number of aromatic amines is 1. The fraction of sp³-hybridized carbons (Fsp3) is 0.0556. The second kappa shape index (κ2) is 8.03. The lowest BCUT2D eigenvalue weighted by Gasteiger charge is -2.06. The highest BCUT2D eigenvalue weighted by Gasteiger charge is 2.11. The van der Waals surface area contributed by atoms with Gasteiger partial charge in [0, 0.05) is 27.7 Å². The minimum atomic E-state index is -0.470. The summed E-state index contributed by atoms with van der Waals surface area (Å²) in [5, 5.41) is 8.02. The van der Waals surface area contributed by atoms with Gasteiger partial charge in [0.05, 0.1) is 23.3 Å². The van der Waals surface area contributed by atoms with Crippen LogP contribution in [0.2, 0.25) is 10.0 Å². The van der Waals surface area contributed by atoms with Crippen LogP contribution in [0.1, 0.15) is 15.9 Å². The van der Waals surface area contributed by atoms with Crippen molar-refractivity contribution in [2.45, 2.75) is 0 Å². The molecule has 1 heterocycles. The maximum absolute atomic E-state index is 12.0. The van der Waals surface area contributed by atoms with Crippen LogP contribution in [-0.4, -0.2) is 29.6 Å². The summed E-state index contributed by atoms with van der Waals surface area (Å²) in [7, 11) is 0. The third-order valence-electron chi connectivity index (χ3n) is 3.60. The maximum Gasteiger partial charge on any atom is 0.259 e. The summed E-state index contributed by atoms with van der Waals surface area (Å²) in [5.41, 5.74) is 4.43. The third-order valence-corrected chi connectivity index (χ3v) is 4.15. The number of para-hydroxylation sites is 1. The van der Waals surface area contributed by atoms with Gasteiger partial charge in [-0.1, -0.05) is 41.4 Å². The molecule has 0 unspecified atom stereocenters. The van der Waals surface area contributed by atoms with Crippen LogP contribution in [0.5, 0.6) is 0 Å². The molecular formula is C18H14Cl2N4O2. The number of benzene rings is 2. The van der Waals surface area contributed by atoms with Gasteiger partial charge in [0.2, 0.25) is 0 Å². The number of halogens is 2. The first kappa shape index (κ1) is 18.0. The number of carbonyl (C=O) groups is 2. The van der Waals surface area contributed by atoms with E-state index in [2.05, 4.69) is 20.8 Å². The topological polar surface area (TPSA) is 86.3 Å². The van der Waals surface area contributed by atoms with E-state index < -0.39 is 11.8 Å². The molecule has 0 atom stereocenters. The first-order valence-electron chi connectivity index (χ1n) is 7.66. The molecule has 0 aliphatic rings. The van der Waals surface area contributed by atoms with Crippen molar-refractivity contribution in [1.29, 1.82) is 0 Å². The van der Waals surface area contributed by atoms with E-state index in [1.165, 1.54) is 18.3 Å². The van der Waals surface area contributed by atoms with Gasteiger partial charge in [-0.2, -0.15) is 5.10 Å². The largest absolute Gasteiger partial charge is 0.361 e. The number of rotatable bonds is 5. The molecule has 1 aromatic heterocycles. The number of amides is 2. The van der Waals surface area contributed by atoms with Gasteiger partial charge in [-0.05, 0) is 24.3 Å². The number of fused-ring (bicyclic) bond motifs is 1. The molecule has 0 aliphatic heterocycles. The van der Waals surface area contributed by atoms with E-state index >= 15 is 0 Å². The molecule has 0 radical (unpaired) electrons. The first-order chi connectivity index (χ1) is 12.5. The molecule has 2 aromatic carbocycles. The second-order valence-corrected chi connectivity index (χ2v) is 6.23. The molecule has 0 spiro atoms. The average Bonchev–Trinajstić information content (AvgIpc) is 3.03. The highest BCUT2D eigenvalue weighted by atomic mass is 35.5. The van der Waals surface area contributed by atoms with Crippen molar-refractivity contribution in [2.24, 2.45) is 5.10 Å². The molecule has 132 valence electrons. The quantitative estimate of drug-likeness (QED) is 0.462. The summed E-state index contributed by atoms with van der Waals surface area (Å²) in [5.74, 6) is -0.929. The predicted molar refractivity (Wildman–Crippen MR) is 103 cm³/mol. The van der Waals surface area contributed by atoms with E-state index in [4.69, 9.17) is 23.2 Å². The van der Waals surface area contributed by atoms with E-state index in [9.17, 15) is 9.59 Å². The monoisotopic (exact) mass is 388 g/mol. The molecule has 6 nitrogen and oxygen atoms in total. The SMILES string of the molecule is O=C(CNC(=O)c1ccc(Cl)cc1Cl)N/N=C/c1c[nH]c2ccccc12. The van der Waals surface area contributed by atoms with Crippen LogP contribution in [0.25, 0.3) is 10.9 Å². The summed E-state index contributed by atoms with van der Waals surface area (Å²) >= 11 is 11.7. The van der Waals surface area contributed by atoms with Gasteiger partial charge >= 0.3 is 0 Å². The van der Waals surface area contributed by atoms with Crippen molar-refractivity contribution >= 4 is 52.1 Å². The molecule has 0 fully saturated rings. The van der Waals surface area contributed by atoms with E-state index in [-0.39, 0.29) is 17.1 Å². The number of hydrazone groups is 1. The molecule has 0 saturated carbocycles. The van der Waals surface area contributed by atoms with Crippen molar-refractivity contribution in [2.75, 3.05) is 6.54 Å². The lowest BCUT2D eigenvalue weighted by atomic mass is 10.2. The van der Waals surface area contributed by atoms with Crippen molar-refractivity contribution in [3.05, 3.63) is 69.8 Å². The zero-order valence-corrected chi connectivity index (χ0v) is 14.9. The molecule has 2 amide bonds. The van der Waals surface area contributed by atoms with E-state index in [1.54, 1.807) is 12.3 Å². The highest BCUT2D eigenvalue weighted by molar-refractivity contribution is 6.36. The number of aromatic nitrogens is 1. The van der Waals surface area contributed by atoms with Crippen LogP contribution >= 0.6 is 23.2 Å². The predicted octanol–water partition coefficient (Wildman–Crippen LogP) is 3.35. The molecule has 26 heavy (non-hydrogen) atoms. The Balaban J connectivity index is 1.53. The first-order valence-corrected chi connectivity index (χ1v) is 8.41. The Morgan fingerprint density at radius 2 is 1.96 bits per heavy atom. The van der Waals surface area contributed by atoms with Gasteiger partial charge in [0.15, 0.2) is 0 Å². The Morgan fingerprint density at radius 1 is 1.15 bits per heavy atom. The van der Waals surface area contributed by atoms with Crippen molar-refractivity contribution in [3.8, 4) is 0 Å². The van der Waals surface area contributed by atoms with Gasteiger partial charge in [-0.15, -0.1) is 0 Å². The Morgan fingerprint density at radius 3 is 2.77 bits per heavy atom. The van der Waals surface area contributed by atoms with Crippen molar-refractivity contribution in [1.82, 2.24) is 15.7 Å². The molecule has 0 aliphatic carbocycles. The summed E-state index contributed by atoms with van der Waals surface area (Å²) in [6.07, 6.45) is 3.33. The average molecular weight is 389 g/mol. The van der Waals surface area contributed by atoms with Gasteiger partial charge < -0.3 is 10.3 Å². The molecule has 8 heteroatoms. The summed E-state index contributed by atoms with van der Waals surface area (Å²) in [6, 6.07) is 12.2. The number of carbonyl (C=O) groups excluding carboxylic acids is 2. The zero-order valence-electron chi connectivity index (χ0n) is 13.4. The van der Waals surface area contributed by atoms with E-state index in [1.807, 2.05) is 24.3 Å². The minimum absolute atomic E-state index is 0.216. The normalized spacial score (nSPS) is 11.0. The van der Waals surface area contributed by atoms with Crippen molar-refractivity contribution in [3.63, 3.8) is 0 Å². The van der Waals surface area contributed by atoms with Gasteiger partial charge in [-0.25, -0.2) is 5.43 Å². The van der Waals surface area contributed by atoms with Crippen LogP contribution in [0.15, 0.2) is 53.8 Å². The summed E-state index contributed by atoms with van der Waals surface area (Å²) < 4.78 is 0. The highest BCUT2D eigenvalue weighted by Crippen LogP contribution is 2.20. The third kappa shape index (κ3) is 4.22. The van der Waals surface area contributed by atoms with Gasteiger partial charge in [-0.3, -0.25) is 9.59 Å². The Hall–Kier alpha value is -2.83. The van der Waals surface area contributed by atoms with E-state index in [0.29, 0.717) is 5.02 Å². The fourth-order valence-corrected chi connectivity index (χ4v) is 2.84. The van der Waals surface area contributed by atoms with Crippen LogP contribution in [0.3, 0.4) is 0 Å². The number of nitrogens with one attached hydrogen (secondary N) is 3. The van der Waals surface area contributed by atoms with Crippen LogP contribution in [-0.2, 0) is 4.79 Å². The summed E-state index contributed by atoms with van der Waals surface area (Å²) in [4.78, 5) is 26.9. The van der Waals surface area contributed by atoms with Crippen LogP contribution in [0, 0.1) is 0 Å². The zero-order chi connectivity index (χ0) is 18.5. The number of hydrogen-bond acceptors (Lipinski definition) is 3. The van der Waals surface area contributed by atoms with Crippen LogP contribution < -0.4 is 10.7 Å². The summed E-state index contributed by atoms with van der Waals surface area (Å²) in [6.45, 7) is -0.233. The van der Waals surface area contributed by atoms with Gasteiger partial charge in [0.1, 0.15) is 0 Å². The Kier molecular flexibility index (Phi) is 5.55. The molecule has 0 saturated heterocycles. The smallest absolute Gasteiger partial charge is 0.259 e. The number of hydrogen-bond donors (Lipinski definition) is 3. The molecular weight excluding hydrogens is 375 g/mol. The lowest BCUT2D eigenvalue weighted by Crippen LogP contribution is -2.35. The van der Waals surface area contributed by atoms with Gasteiger partial charge in [0.25, 0.3) is 11.8 Å². The molecule has 3 N–H and O–H groups in total. The van der Waals surface area contributed by atoms with Crippen LogP contribution in [0.4, 0.5) is 0 Å². The molecule has 0 bridgehead atoms. The maximum atomic E-state index is 12.0. The number of nitrogens with zero attached hydrogens (tertiary/aromatic N) is 1.